The summed E-state index contributed by atoms with van der Waals surface area (Å²) >= 11 is 13.0. The number of esters is 2. The molecule has 5 fully saturated rings. The van der Waals surface area contributed by atoms with E-state index in [0.29, 0.717) is 32.1 Å². The number of halogens is 16. The molecule has 6 heterocycles. The number of carbonyl (C=O) groups excluding carboxylic acids is 5. The van der Waals surface area contributed by atoms with Crippen molar-refractivity contribution in [1.82, 2.24) is 64.9 Å². The zero-order chi connectivity index (χ0) is 86.8. The SMILES string of the molecule is CC(C)(C[C@]1(c2ccc(-c3cnn(C4CC4)n3)cc2)N=C(N)N([C@H](COC(=O)CC2(C(F)F)CC2)c2ccc(Cl)c(-[n+]3ccnn3C(F)F)c2)C1=O)C(F)(F)F.CC(C)(C[C@]1(c2ccc(-c3cnn(C4CC4)n3)cc2)NC(=C=NC(=O)c2ccccc2)N([C@H](COC(=O)CC2(C(F)F)CC2)c2ccc(Cl)c(-[n+]3ccnn3C(F)F)c2)C1=O)C(F)(F)F. The van der Waals surface area contributed by atoms with E-state index < -0.39 is 163 Å². The van der Waals surface area contributed by atoms with E-state index >= 15 is 4.79 Å². The fraction of sp³-hybridized carbons (Fsp3) is 0.425. The molecule has 0 unspecified atom stereocenters. The Bertz CT molecular complexity index is 5500. The van der Waals surface area contributed by atoms with Crippen LogP contribution in [-0.2, 0) is 39.7 Å². The third kappa shape index (κ3) is 17.5. The van der Waals surface area contributed by atoms with Crippen LogP contribution in [0.2, 0.25) is 10.0 Å². The minimum absolute atomic E-state index is 0.0190. The number of rotatable bonds is 29. The van der Waals surface area contributed by atoms with Crippen LogP contribution in [0.4, 0.5) is 61.5 Å². The molecule has 4 saturated carbocycles. The van der Waals surface area contributed by atoms with E-state index in [0.717, 1.165) is 84.9 Å². The maximum atomic E-state index is 15.6. The van der Waals surface area contributed by atoms with Gasteiger partial charge in [-0.2, -0.15) is 78.9 Å². The topological polar surface area (TPSA) is 278 Å². The Kier molecular flexibility index (Phi) is 23.3. The number of benzene rings is 5. The van der Waals surface area contributed by atoms with Crippen molar-refractivity contribution in [2.75, 3.05) is 13.2 Å². The zero-order valence-corrected chi connectivity index (χ0v) is 66.1. The summed E-state index contributed by atoms with van der Waals surface area (Å²) in [6, 6.07) is 25.0. The molecule has 3 N–H and O–H groups in total. The number of alkyl halides is 14. The molecular weight excluding hydrogens is 1660 g/mol. The molecule has 0 spiro atoms. The molecular formula is C80H76Cl2F14N18O7+2. The third-order valence-electron chi connectivity index (χ3n) is 22.5. The van der Waals surface area contributed by atoms with Crippen molar-refractivity contribution >= 4 is 64.7 Å². The van der Waals surface area contributed by atoms with Gasteiger partial charge in [0.2, 0.25) is 25.2 Å². The summed E-state index contributed by atoms with van der Waals surface area (Å²) in [7, 11) is 0. The summed E-state index contributed by atoms with van der Waals surface area (Å²) in [5.74, 6) is -3.45. The highest BCUT2D eigenvalue weighted by Gasteiger charge is 2.63. The second kappa shape index (κ2) is 32.8. The van der Waals surface area contributed by atoms with Gasteiger partial charge in [0.15, 0.2) is 41.1 Å². The van der Waals surface area contributed by atoms with E-state index in [1.165, 1.54) is 85.2 Å². The first-order valence-corrected chi connectivity index (χ1v) is 38.8. The van der Waals surface area contributed by atoms with Crippen LogP contribution in [0, 0.1) is 21.7 Å². The third-order valence-corrected chi connectivity index (χ3v) is 23.2. The lowest BCUT2D eigenvalue weighted by molar-refractivity contribution is -0.701. The highest BCUT2D eigenvalue weighted by molar-refractivity contribution is 6.32. The maximum Gasteiger partial charge on any atom is 0.394 e. The van der Waals surface area contributed by atoms with Crippen LogP contribution in [0.25, 0.3) is 33.9 Å². The predicted octanol–water partition coefficient (Wildman–Crippen LogP) is 15.3. The Morgan fingerprint density at radius 1 is 0.587 bits per heavy atom. The average Bonchev–Trinajstić information content (AvgIpc) is 1.58. The monoisotopic (exact) mass is 1740 g/mol. The second-order valence-corrected chi connectivity index (χ2v) is 32.8. The molecule has 121 heavy (non-hydrogen) atoms. The molecule has 4 aliphatic carbocycles. The number of aromatic nitrogens is 12. The standard InChI is InChI=1S/C44H40ClF7N9O4.C36H36ClF7N9O3/c1-41(2,44(50,51)52)25-43(29-11-8-26(9-12-29)32-22-55-60(57-32)30-13-14-30)39(64)59(35(56-43)23-53-37(63)27-6-4-3-5-7-27)34(24-65-36(62)21-42(16-17-42)38(46)47)28-10-15-31(45)33(20-28)58-19-18-54-61(58)40(48)49;1-33(2,36(42,43)44)19-35(22-6-3-20(4-7-22)25-17-47-52(49-25)23-8-9-23)30(55)51(32(45)48-35)27(18-56-28(54)16-34(11-12-34)29(38)39)21-5-10-24(37)26(15-21)50-14-13-46-53(50)31(40)41/h3-12,15,18-20,22,30,34,38,40,56H,13-14,16-17,21,24-25H2,1-2H3;3-7,10,13-15,17,23,27,29,31H,8-9,11-12,16,18-19H2,1-2H3,(H2,45,48)/q2*+1/t34-,43-;27-,35-/m11/s1. The smallest absolute Gasteiger partial charge is 0.394 e. The minimum Gasteiger partial charge on any atom is -0.463 e. The van der Waals surface area contributed by atoms with E-state index in [1.807, 2.05) is 0 Å². The first-order valence-electron chi connectivity index (χ1n) is 38.1. The van der Waals surface area contributed by atoms with Crippen LogP contribution < -0.4 is 20.4 Å². The predicted molar refractivity (Wildman–Crippen MR) is 402 cm³/mol. The van der Waals surface area contributed by atoms with Crippen LogP contribution in [0.5, 0.6) is 0 Å². The molecule has 4 aromatic heterocycles. The Morgan fingerprint density at radius 3 is 1.45 bits per heavy atom. The van der Waals surface area contributed by atoms with Gasteiger partial charge in [-0.1, -0.05) is 130 Å². The normalized spacial score (nSPS) is 19.4. The van der Waals surface area contributed by atoms with Gasteiger partial charge in [-0.25, -0.2) is 22.6 Å². The number of guanidine groups is 1. The number of hydrogen-bond donors (Lipinski definition) is 2. The van der Waals surface area contributed by atoms with E-state index in [4.69, 9.17) is 38.4 Å². The first kappa shape index (κ1) is 85.9. The summed E-state index contributed by atoms with van der Waals surface area (Å²) in [6.45, 7) is -4.12. The number of nitrogens with one attached hydrogen (secondary N) is 1. The largest absolute Gasteiger partial charge is 0.463 e. The number of nitrogens with two attached hydrogens (primary N) is 1. The van der Waals surface area contributed by atoms with Gasteiger partial charge in [-0.15, -0.1) is 9.36 Å². The van der Waals surface area contributed by atoms with Crippen molar-refractivity contribution in [3.05, 3.63) is 196 Å². The molecule has 9 aromatic rings. The number of aliphatic imine (C=N–C) groups is 2. The number of nitrogens with zero attached hydrogens (tertiary/aromatic N) is 16. The summed E-state index contributed by atoms with van der Waals surface area (Å²) < 4.78 is 213. The molecule has 25 nitrogen and oxygen atoms in total. The maximum absolute atomic E-state index is 15.6. The summed E-state index contributed by atoms with van der Waals surface area (Å²) in [6.07, 6.45) is -6.88. The molecule has 638 valence electrons. The summed E-state index contributed by atoms with van der Waals surface area (Å²) in [5.41, 5.74) is -4.20. The summed E-state index contributed by atoms with van der Waals surface area (Å²) in [4.78, 5) is 84.3. The van der Waals surface area contributed by atoms with Crippen molar-refractivity contribution in [1.29, 1.82) is 0 Å². The Balaban J connectivity index is 0.000000200. The van der Waals surface area contributed by atoms with E-state index in [-0.39, 0.29) is 87.0 Å². The molecule has 5 aromatic carbocycles. The van der Waals surface area contributed by atoms with Gasteiger partial charge in [0.1, 0.15) is 30.1 Å². The highest BCUT2D eigenvalue weighted by Crippen LogP contribution is 2.57. The number of ether oxygens (including phenoxy) is 2. The molecule has 6 aliphatic rings. The van der Waals surface area contributed by atoms with Crippen LogP contribution in [0.1, 0.15) is 175 Å². The minimum atomic E-state index is -4.88. The molecule has 15 rings (SSSR count). The van der Waals surface area contributed by atoms with E-state index in [2.05, 4.69) is 51.8 Å². The van der Waals surface area contributed by atoms with Gasteiger partial charge < -0.3 is 20.5 Å². The molecule has 0 radical (unpaired) electrons. The molecule has 1 saturated heterocycles. The van der Waals surface area contributed by atoms with Crippen LogP contribution in [0.3, 0.4) is 0 Å². The van der Waals surface area contributed by atoms with E-state index in [1.54, 1.807) is 64.5 Å². The molecule has 2 aliphatic heterocycles. The Hall–Kier alpha value is -11.5. The van der Waals surface area contributed by atoms with Crippen LogP contribution in [-0.4, -0.2) is 139 Å². The van der Waals surface area contributed by atoms with Gasteiger partial charge in [0.05, 0.1) is 70.3 Å². The van der Waals surface area contributed by atoms with Gasteiger partial charge in [-0.3, -0.25) is 33.8 Å². The van der Waals surface area contributed by atoms with Gasteiger partial charge in [0.25, 0.3) is 17.7 Å². The highest BCUT2D eigenvalue weighted by atomic mass is 35.5. The quantitative estimate of drug-likeness (QED) is 0.0191. The van der Waals surface area contributed by atoms with Gasteiger partial charge in [0, 0.05) is 53.2 Å². The van der Waals surface area contributed by atoms with Crippen molar-refractivity contribution < 1.29 is 104 Å². The van der Waals surface area contributed by atoms with Crippen LogP contribution in [0.15, 0.2) is 168 Å². The van der Waals surface area contributed by atoms with Crippen molar-refractivity contribution in [2.45, 2.75) is 178 Å². The second-order valence-electron chi connectivity index (χ2n) is 32.0. The Labute approximate surface area is 689 Å². The Morgan fingerprint density at radius 2 is 1.02 bits per heavy atom. The molecule has 4 atom stereocenters. The lowest BCUT2D eigenvalue weighted by Gasteiger charge is -2.37. The number of amides is 3. The molecule has 0 bridgehead atoms. The lowest BCUT2D eigenvalue weighted by atomic mass is 9.74. The first-order chi connectivity index (χ1) is 57.2. The fourth-order valence-electron chi connectivity index (χ4n) is 14.6. The zero-order valence-electron chi connectivity index (χ0n) is 64.6. The van der Waals surface area contributed by atoms with E-state index in [9.17, 15) is 80.6 Å². The number of hydrogen-bond acceptors (Lipinski definition) is 16. The fourth-order valence-corrected chi connectivity index (χ4v) is 15.0. The number of carbonyl (C=O) groups is 5. The van der Waals surface area contributed by atoms with Crippen molar-refractivity contribution in [2.24, 2.45) is 37.4 Å². The molecule has 41 heteroatoms. The average molecular weight is 1740 g/mol. The molecule has 3 amide bonds. The van der Waals surface area contributed by atoms with Gasteiger partial charge >= 0.3 is 37.4 Å². The summed E-state index contributed by atoms with van der Waals surface area (Å²) in [5, 5.41) is 27.7. The lowest BCUT2D eigenvalue weighted by Crippen LogP contribution is -2.50. The van der Waals surface area contributed by atoms with Crippen LogP contribution >= 0.6 is 23.2 Å². The van der Waals surface area contributed by atoms with Gasteiger partial charge in [-0.05, 0) is 123 Å². The van der Waals surface area contributed by atoms with Crippen molar-refractivity contribution in [3.8, 4) is 33.9 Å². The van der Waals surface area contributed by atoms with Crippen molar-refractivity contribution in [3.63, 3.8) is 0 Å².